The molecule has 1 aromatic carbocycles. The zero-order valence-electron chi connectivity index (χ0n) is 18.4. The average molecular weight is 497 g/mol. The minimum absolute atomic E-state index is 0.212. The van der Waals surface area contributed by atoms with Crippen molar-refractivity contribution in [2.75, 3.05) is 0 Å². The van der Waals surface area contributed by atoms with Gasteiger partial charge < -0.3 is 10.8 Å². The maximum atomic E-state index is 13.3. The van der Waals surface area contributed by atoms with Crippen molar-refractivity contribution in [2.24, 2.45) is 5.73 Å². The number of nitrogens with zero attached hydrogens (tertiary/aromatic N) is 5. The van der Waals surface area contributed by atoms with Gasteiger partial charge in [0, 0.05) is 27.9 Å². The molecule has 3 N–H and O–H groups in total. The molecule has 0 amide bonds. The number of alkyl halides is 3. The van der Waals surface area contributed by atoms with Crippen LogP contribution in [0.15, 0.2) is 60.1 Å². The van der Waals surface area contributed by atoms with Crippen molar-refractivity contribution in [1.29, 1.82) is 0 Å². The summed E-state index contributed by atoms with van der Waals surface area (Å²) in [4.78, 5) is 12.9. The van der Waals surface area contributed by atoms with Crippen LogP contribution < -0.4 is 5.73 Å². The number of fused-ring (bicyclic) bond motifs is 1. The number of thiazole rings is 1. The van der Waals surface area contributed by atoms with E-state index in [2.05, 4.69) is 20.1 Å². The van der Waals surface area contributed by atoms with Gasteiger partial charge in [0.1, 0.15) is 5.01 Å². The van der Waals surface area contributed by atoms with Crippen molar-refractivity contribution >= 4 is 22.2 Å². The molecule has 0 saturated carbocycles. The number of hydrogen-bond donors (Lipinski definition) is 2. The van der Waals surface area contributed by atoms with E-state index < -0.39 is 11.9 Å². The number of pyridine rings is 2. The van der Waals surface area contributed by atoms with Gasteiger partial charge in [0.25, 0.3) is 0 Å². The highest BCUT2D eigenvalue weighted by molar-refractivity contribution is 7.13. The zero-order chi connectivity index (χ0) is 24.7. The van der Waals surface area contributed by atoms with Gasteiger partial charge in [0.15, 0.2) is 11.5 Å². The van der Waals surface area contributed by atoms with Gasteiger partial charge in [-0.2, -0.15) is 18.3 Å². The molecule has 0 spiro atoms. The van der Waals surface area contributed by atoms with Crippen molar-refractivity contribution in [3.8, 4) is 27.6 Å². The van der Waals surface area contributed by atoms with Gasteiger partial charge in [-0.15, -0.1) is 11.3 Å². The van der Waals surface area contributed by atoms with E-state index in [-0.39, 0.29) is 17.7 Å². The lowest BCUT2D eigenvalue weighted by Gasteiger charge is -2.11. The molecule has 4 heterocycles. The lowest BCUT2D eigenvalue weighted by Crippen LogP contribution is -2.07. The third kappa shape index (κ3) is 4.41. The fourth-order valence-corrected chi connectivity index (χ4v) is 4.56. The smallest absolute Gasteiger partial charge is 0.390 e. The summed E-state index contributed by atoms with van der Waals surface area (Å²) in [5.41, 5.74) is 8.59. The van der Waals surface area contributed by atoms with Gasteiger partial charge in [-0.05, 0) is 43.3 Å². The molecule has 1 unspecified atom stereocenters. The minimum Gasteiger partial charge on any atom is -0.390 e. The van der Waals surface area contributed by atoms with Gasteiger partial charge in [0.05, 0.1) is 35.4 Å². The molecular weight excluding hydrogens is 477 g/mol. The second-order valence-corrected chi connectivity index (χ2v) is 8.79. The first kappa shape index (κ1) is 23.1. The highest BCUT2D eigenvalue weighted by atomic mass is 32.1. The number of halogens is 3. The molecule has 0 bridgehead atoms. The summed E-state index contributed by atoms with van der Waals surface area (Å²) < 4.78 is 41.4. The van der Waals surface area contributed by atoms with E-state index in [1.54, 1.807) is 35.1 Å². The van der Waals surface area contributed by atoms with Crippen molar-refractivity contribution in [1.82, 2.24) is 24.7 Å². The molecule has 1 atom stereocenters. The van der Waals surface area contributed by atoms with Crippen LogP contribution in [-0.2, 0) is 12.8 Å². The van der Waals surface area contributed by atoms with Gasteiger partial charge >= 0.3 is 6.18 Å². The van der Waals surface area contributed by atoms with Gasteiger partial charge in [0.2, 0.25) is 0 Å². The largest absolute Gasteiger partial charge is 0.434 e. The normalized spacial score (nSPS) is 12.9. The number of rotatable bonds is 5. The molecule has 0 fully saturated rings. The highest BCUT2D eigenvalue weighted by Crippen LogP contribution is 2.38. The predicted molar refractivity (Wildman–Crippen MR) is 127 cm³/mol. The van der Waals surface area contributed by atoms with E-state index >= 15 is 0 Å². The fourth-order valence-electron chi connectivity index (χ4n) is 3.70. The Morgan fingerprint density at radius 2 is 1.89 bits per heavy atom. The third-order valence-electron chi connectivity index (χ3n) is 5.42. The molecular formula is C24H19F3N6OS. The molecule has 7 nitrogen and oxygen atoms in total. The Morgan fingerprint density at radius 1 is 1.09 bits per heavy atom. The summed E-state index contributed by atoms with van der Waals surface area (Å²) in [6.07, 6.45) is -2.97. The van der Waals surface area contributed by atoms with E-state index in [1.807, 2.05) is 31.2 Å². The molecule has 5 aromatic rings. The zero-order valence-corrected chi connectivity index (χ0v) is 19.2. The van der Waals surface area contributed by atoms with Crippen LogP contribution in [0.5, 0.6) is 0 Å². The predicted octanol–water partition coefficient (Wildman–Crippen LogP) is 5.14. The lowest BCUT2D eigenvalue weighted by molar-refractivity contribution is -0.140. The number of aromatic nitrogens is 5. The van der Waals surface area contributed by atoms with Crippen LogP contribution in [0.3, 0.4) is 0 Å². The number of hydrogen-bond acceptors (Lipinski definition) is 7. The van der Waals surface area contributed by atoms with Crippen molar-refractivity contribution in [3.05, 3.63) is 77.2 Å². The monoisotopic (exact) mass is 496 g/mol. The second-order valence-electron chi connectivity index (χ2n) is 7.93. The van der Waals surface area contributed by atoms with Crippen molar-refractivity contribution in [2.45, 2.75) is 25.7 Å². The Bertz CT molecular complexity index is 1530. The quantitative estimate of drug-likeness (QED) is 0.349. The first-order chi connectivity index (χ1) is 16.7. The van der Waals surface area contributed by atoms with Crippen LogP contribution in [0, 0.1) is 0 Å². The maximum absolute atomic E-state index is 13.3. The summed E-state index contributed by atoms with van der Waals surface area (Å²) in [7, 11) is 0. The molecule has 0 aliphatic rings. The lowest BCUT2D eigenvalue weighted by atomic mass is 10.0. The standard InChI is InChI=1S/C24H19F3N6OS/c1-13(28)18-5-3-6-19(31-18)14-8-16(23-32-21(12-35-23)24(25,26)27)17-10-29-33(20(17)9-14)22-7-2-4-15(11-34)30-22/h2-10,12-13,34H,11,28H2,1H3. The first-order valence-electron chi connectivity index (χ1n) is 10.6. The summed E-state index contributed by atoms with van der Waals surface area (Å²) in [5, 5.41) is 15.8. The molecule has 0 aliphatic heterocycles. The fraction of sp³-hybridized carbons (Fsp3) is 0.167. The van der Waals surface area contributed by atoms with E-state index in [0.717, 1.165) is 16.7 Å². The van der Waals surface area contributed by atoms with E-state index in [1.165, 1.54) is 0 Å². The minimum atomic E-state index is -4.54. The van der Waals surface area contributed by atoms with Crippen LogP contribution in [-0.4, -0.2) is 29.8 Å². The van der Waals surface area contributed by atoms with E-state index in [0.29, 0.717) is 44.9 Å². The number of benzene rings is 1. The van der Waals surface area contributed by atoms with Crippen LogP contribution in [0.1, 0.15) is 30.0 Å². The molecule has 0 saturated heterocycles. The average Bonchev–Trinajstić information content (AvgIpc) is 3.51. The Hall–Kier alpha value is -3.67. The molecule has 11 heteroatoms. The van der Waals surface area contributed by atoms with Gasteiger partial charge in [-0.3, -0.25) is 4.98 Å². The SMILES string of the molecule is CC(N)c1cccc(-c2cc(-c3nc(C(F)(F)F)cs3)c3cnn(-c4cccc(CO)n4)c3c2)n1. The molecule has 5 rings (SSSR count). The van der Waals surface area contributed by atoms with E-state index in [4.69, 9.17) is 5.73 Å². The summed E-state index contributed by atoms with van der Waals surface area (Å²) >= 11 is 0.910. The van der Waals surface area contributed by atoms with Gasteiger partial charge in [-0.25, -0.2) is 14.6 Å². The summed E-state index contributed by atoms with van der Waals surface area (Å²) in [6.45, 7) is 1.58. The van der Waals surface area contributed by atoms with E-state index in [9.17, 15) is 18.3 Å². The van der Waals surface area contributed by atoms with Crippen LogP contribution >= 0.6 is 11.3 Å². The third-order valence-corrected chi connectivity index (χ3v) is 6.29. The molecule has 0 aliphatic carbocycles. The molecule has 178 valence electrons. The number of nitrogens with two attached hydrogens (primary N) is 1. The van der Waals surface area contributed by atoms with Crippen molar-refractivity contribution in [3.63, 3.8) is 0 Å². The molecule has 4 aromatic heterocycles. The maximum Gasteiger partial charge on any atom is 0.434 e. The number of aliphatic hydroxyl groups is 1. The molecule has 35 heavy (non-hydrogen) atoms. The van der Waals surface area contributed by atoms with Gasteiger partial charge in [-0.1, -0.05) is 12.1 Å². The number of aliphatic hydroxyl groups excluding tert-OH is 1. The second kappa shape index (κ2) is 8.84. The van der Waals surface area contributed by atoms with Crippen LogP contribution in [0.2, 0.25) is 0 Å². The first-order valence-corrected chi connectivity index (χ1v) is 11.5. The Labute approximate surface area is 201 Å². The molecule has 0 radical (unpaired) electrons. The Kier molecular flexibility index (Phi) is 5.83. The van der Waals surface area contributed by atoms with Crippen molar-refractivity contribution < 1.29 is 18.3 Å². The Morgan fingerprint density at radius 3 is 2.60 bits per heavy atom. The summed E-state index contributed by atoms with van der Waals surface area (Å²) in [6, 6.07) is 14.0. The van der Waals surface area contributed by atoms with Crippen LogP contribution in [0.4, 0.5) is 13.2 Å². The van der Waals surface area contributed by atoms with Crippen LogP contribution in [0.25, 0.3) is 38.5 Å². The Balaban J connectivity index is 1.76. The highest BCUT2D eigenvalue weighted by Gasteiger charge is 2.34. The topological polar surface area (TPSA) is 103 Å². The summed E-state index contributed by atoms with van der Waals surface area (Å²) in [5.74, 6) is 0.460.